The van der Waals surface area contributed by atoms with Crippen molar-refractivity contribution in [2.75, 3.05) is 12.4 Å². The van der Waals surface area contributed by atoms with E-state index in [9.17, 15) is 0 Å². The van der Waals surface area contributed by atoms with Gasteiger partial charge in [-0.25, -0.2) is 9.97 Å². The van der Waals surface area contributed by atoms with E-state index in [1.165, 1.54) is 16.6 Å². The summed E-state index contributed by atoms with van der Waals surface area (Å²) in [6, 6.07) is 2.16. The molecule has 3 aromatic heterocycles. The first kappa shape index (κ1) is 13.3. The van der Waals surface area contributed by atoms with Gasteiger partial charge in [0.15, 0.2) is 5.16 Å². The standard InChI is InChI=1S/C12H14N6S2/c1-4-7-5-8-9(19-7)15-11(13-2)16-10(8)20-12-17-14-6-18(12)3/h5-6H,4H2,1-3H3,(H,13,15,16). The smallest absolute Gasteiger partial charge is 0.224 e. The third-order valence-corrected chi connectivity index (χ3v) is 5.07. The van der Waals surface area contributed by atoms with Crippen molar-refractivity contribution in [3.63, 3.8) is 0 Å². The lowest BCUT2D eigenvalue weighted by Gasteiger charge is -2.04. The average Bonchev–Trinajstić information content (AvgIpc) is 3.05. The van der Waals surface area contributed by atoms with Crippen LogP contribution in [0.1, 0.15) is 11.8 Å². The Hall–Kier alpha value is -1.67. The zero-order valence-electron chi connectivity index (χ0n) is 11.4. The predicted octanol–water partition coefficient (Wildman–Crippen LogP) is 2.58. The number of hydrogen-bond acceptors (Lipinski definition) is 7. The lowest BCUT2D eigenvalue weighted by atomic mass is 10.3. The predicted molar refractivity (Wildman–Crippen MR) is 81.5 cm³/mol. The van der Waals surface area contributed by atoms with Crippen LogP contribution >= 0.6 is 23.1 Å². The molecule has 1 N–H and O–H groups in total. The van der Waals surface area contributed by atoms with Crippen LogP contribution in [0.25, 0.3) is 10.2 Å². The molecule has 0 fully saturated rings. The molecule has 0 saturated heterocycles. The van der Waals surface area contributed by atoms with E-state index < -0.39 is 0 Å². The molecule has 0 aliphatic rings. The fourth-order valence-electron chi connectivity index (χ4n) is 1.76. The van der Waals surface area contributed by atoms with Crippen molar-refractivity contribution in [2.24, 2.45) is 7.05 Å². The number of thiophene rings is 1. The molecule has 0 unspecified atom stereocenters. The van der Waals surface area contributed by atoms with Crippen molar-refractivity contribution in [3.8, 4) is 0 Å². The van der Waals surface area contributed by atoms with Gasteiger partial charge in [-0.3, -0.25) is 0 Å². The molecule has 6 nitrogen and oxygen atoms in total. The zero-order chi connectivity index (χ0) is 14.1. The van der Waals surface area contributed by atoms with Gasteiger partial charge in [-0.2, -0.15) is 0 Å². The minimum Gasteiger partial charge on any atom is -0.357 e. The molecule has 0 aromatic carbocycles. The Morgan fingerprint density at radius 3 is 2.90 bits per heavy atom. The van der Waals surface area contributed by atoms with E-state index in [4.69, 9.17) is 0 Å². The molecule has 0 saturated carbocycles. The number of hydrogen-bond donors (Lipinski definition) is 1. The summed E-state index contributed by atoms with van der Waals surface area (Å²) < 4.78 is 1.88. The molecule has 3 heterocycles. The van der Waals surface area contributed by atoms with Gasteiger partial charge in [0, 0.05) is 24.4 Å². The van der Waals surface area contributed by atoms with Gasteiger partial charge >= 0.3 is 0 Å². The number of fused-ring (bicyclic) bond motifs is 1. The average molecular weight is 306 g/mol. The van der Waals surface area contributed by atoms with E-state index in [1.807, 2.05) is 18.7 Å². The van der Waals surface area contributed by atoms with Gasteiger partial charge in [0.05, 0.1) is 0 Å². The van der Waals surface area contributed by atoms with Crippen LogP contribution in [0, 0.1) is 0 Å². The van der Waals surface area contributed by atoms with Gasteiger partial charge in [0.2, 0.25) is 5.95 Å². The van der Waals surface area contributed by atoms with Crippen molar-refractivity contribution < 1.29 is 0 Å². The molecule has 3 aromatic rings. The maximum absolute atomic E-state index is 4.55. The summed E-state index contributed by atoms with van der Waals surface area (Å²) >= 11 is 3.22. The Bertz CT molecular complexity index is 748. The molecule has 0 bridgehead atoms. The highest BCUT2D eigenvalue weighted by molar-refractivity contribution is 7.99. The molecular formula is C12H14N6S2. The van der Waals surface area contributed by atoms with Gasteiger partial charge in [0.25, 0.3) is 0 Å². The molecule has 20 heavy (non-hydrogen) atoms. The highest BCUT2D eigenvalue weighted by Crippen LogP contribution is 2.35. The minimum atomic E-state index is 0.631. The number of nitrogens with zero attached hydrogens (tertiary/aromatic N) is 5. The molecule has 0 spiro atoms. The molecule has 0 amide bonds. The molecule has 0 aliphatic heterocycles. The van der Waals surface area contributed by atoms with Crippen LogP contribution in [0.5, 0.6) is 0 Å². The summed E-state index contributed by atoms with van der Waals surface area (Å²) in [4.78, 5) is 11.4. The quantitative estimate of drug-likeness (QED) is 0.747. The molecule has 0 atom stereocenters. The molecule has 3 rings (SSSR count). The third-order valence-electron chi connectivity index (χ3n) is 2.84. The first-order chi connectivity index (χ1) is 9.71. The SMILES string of the molecule is CCc1cc2c(Sc3nncn3C)nc(NC)nc2s1. The summed E-state index contributed by atoms with van der Waals surface area (Å²) in [7, 11) is 3.75. The minimum absolute atomic E-state index is 0.631. The van der Waals surface area contributed by atoms with Crippen molar-refractivity contribution in [1.29, 1.82) is 0 Å². The maximum atomic E-state index is 4.55. The Kier molecular flexibility index (Phi) is 3.58. The summed E-state index contributed by atoms with van der Waals surface area (Å²) in [6.45, 7) is 2.15. The normalized spacial score (nSPS) is 11.2. The van der Waals surface area contributed by atoms with Gasteiger partial charge in [-0.15, -0.1) is 21.5 Å². The zero-order valence-corrected chi connectivity index (χ0v) is 13.0. The number of anilines is 1. The topological polar surface area (TPSA) is 68.5 Å². The Morgan fingerprint density at radius 2 is 2.25 bits per heavy atom. The molecule has 0 aliphatic carbocycles. The second-order valence-corrected chi connectivity index (χ2v) is 6.29. The molecule has 0 radical (unpaired) electrons. The highest BCUT2D eigenvalue weighted by atomic mass is 32.2. The van der Waals surface area contributed by atoms with Crippen LogP contribution in [0.15, 0.2) is 22.6 Å². The van der Waals surface area contributed by atoms with E-state index in [1.54, 1.807) is 17.7 Å². The Balaban J connectivity index is 2.12. The Morgan fingerprint density at radius 1 is 1.40 bits per heavy atom. The second-order valence-electron chi connectivity index (χ2n) is 4.21. The largest absolute Gasteiger partial charge is 0.357 e. The maximum Gasteiger partial charge on any atom is 0.224 e. The third kappa shape index (κ3) is 2.36. The summed E-state index contributed by atoms with van der Waals surface area (Å²) in [5, 5.41) is 13.8. The van der Waals surface area contributed by atoms with E-state index in [-0.39, 0.29) is 0 Å². The summed E-state index contributed by atoms with van der Waals surface area (Å²) in [5.74, 6) is 0.631. The number of aryl methyl sites for hydroxylation is 2. The first-order valence-electron chi connectivity index (χ1n) is 6.21. The van der Waals surface area contributed by atoms with Gasteiger partial charge < -0.3 is 9.88 Å². The first-order valence-corrected chi connectivity index (χ1v) is 7.84. The van der Waals surface area contributed by atoms with Crippen LogP contribution in [-0.2, 0) is 13.5 Å². The van der Waals surface area contributed by atoms with E-state index >= 15 is 0 Å². The summed E-state index contributed by atoms with van der Waals surface area (Å²) in [5.41, 5.74) is 0. The van der Waals surface area contributed by atoms with Crippen LogP contribution in [0.2, 0.25) is 0 Å². The van der Waals surface area contributed by atoms with Gasteiger partial charge in [-0.1, -0.05) is 6.92 Å². The molecular weight excluding hydrogens is 292 g/mol. The number of aromatic nitrogens is 5. The van der Waals surface area contributed by atoms with Crippen molar-refractivity contribution >= 4 is 39.3 Å². The number of nitrogens with one attached hydrogen (secondary N) is 1. The van der Waals surface area contributed by atoms with Crippen molar-refractivity contribution in [1.82, 2.24) is 24.7 Å². The fraction of sp³-hybridized carbons (Fsp3) is 0.333. The lowest BCUT2D eigenvalue weighted by molar-refractivity contribution is 0.787. The Labute approximate surface area is 124 Å². The van der Waals surface area contributed by atoms with Crippen LogP contribution < -0.4 is 5.32 Å². The van der Waals surface area contributed by atoms with Crippen LogP contribution in [0.4, 0.5) is 5.95 Å². The van der Waals surface area contributed by atoms with Crippen LogP contribution in [-0.4, -0.2) is 31.8 Å². The van der Waals surface area contributed by atoms with E-state index in [0.29, 0.717) is 5.95 Å². The van der Waals surface area contributed by atoms with Gasteiger partial charge in [-0.05, 0) is 24.2 Å². The van der Waals surface area contributed by atoms with E-state index in [0.717, 1.165) is 26.8 Å². The highest BCUT2D eigenvalue weighted by Gasteiger charge is 2.14. The summed E-state index contributed by atoms with van der Waals surface area (Å²) in [6.07, 6.45) is 2.69. The lowest BCUT2D eigenvalue weighted by Crippen LogP contribution is -1.98. The fourth-order valence-corrected chi connectivity index (χ4v) is 3.64. The number of rotatable bonds is 4. The second kappa shape index (κ2) is 5.37. The van der Waals surface area contributed by atoms with E-state index in [2.05, 4.69) is 38.5 Å². The monoisotopic (exact) mass is 306 g/mol. The van der Waals surface area contributed by atoms with Crippen molar-refractivity contribution in [3.05, 3.63) is 17.3 Å². The van der Waals surface area contributed by atoms with Gasteiger partial charge in [0.1, 0.15) is 16.2 Å². The van der Waals surface area contributed by atoms with Crippen LogP contribution in [0.3, 0.4) is 0 Å². The van der Waals surface area contributed by atoms with Crippen molar-refractivity contribution in [2.45, 2.75) is 23.5 Å². The molecule has 8 heteroatoms. The molecule has 104 valence electrons.